The van der Waals surface area contributed by atoms with Gasteiger partial charge in [-0.05, 0) is 25.7 Å². The molecule has 3 N–H and O–H groups in total. The first-order valence-electron chi connectivity index (χ1n) is 6.19. The van der Waals surface area contributed by atoms with Crippen LogP contribution < -0.4 is 10.6 Å². The van der Waals surface area contributed by atoms with E-state index in [1.54, 1.807) is 6.92 Å². The van der Waals surface area contributed by atoms with Crippen molar-refractivity contribution in [2.75, 3.05) is 0 Å². The molecular formula is C12H20N2O4. The van der Waals surface area contributed by atoms with Crippen molar-refractivity contribution in [3.63, 3.8) is 0 Å². The average Bonchev–Trinajstić information content (AvgIpc) is 2.23. The number of aliphatic hydroxyl groups excluding tert-OH is 1. The van der Waals surface area contributed by atoms with E-state index in [2.05, 4.69) is 10.6 Å². The monoisotopic (exact) mass is 256 g/mol. The zero-order valence-corrected chi connectivity index (χ0v) is 10.9. The Labute approximate surface area is 106 Å². The molecule has 6 nitrogen and oxygen atoms in total. The highest BCUT2D eigenvalue weighted by atomic mass is 16.3. The molecule has 1 aliphatic rings. The topological polar surface area (TPSA) is 95.5 Å². The summed E-state index contributed by atoms with van der Waals surface area (Å²) in [5, 5.41) is 13.8. The number of carbonyl (C=O) groups is 3. The number of amides is 4. The van der Waals surface area contributed by atoms with Crippen LogP contribution in [0.25, 0.3) is 0 Å². The molecule has 0 radical (unpaired) electrons. The van der Waals surface area contributed by atoms with Crippen LogP contribution in [0.4, 0.5) is 4.79 Å². The maximum Gasteiger partial charge on any atom is 0.328 e. The highest BCUT2D eigenvalue weighted by Gasteiger charge is 2.53. The minimum Gasteiger partial charge on any atom is -0.393 e. The van der Waals surface area contributed by atoms with Crippen molar-refractivity contribution in [1.29, 1.82) is 0 Å². The summed E-state index contributed by atoms with van der Waals surface area (Å²) in [4.78, 5) is 35.3. The van der Waals surface area contributed by atoms with Crippen molar-refractivity contribution < 1.29 is 19.5 Å². The zero-order chi connectivity index (χ0) is 13.9. The number of nitrogens with one attached hydrogen (secondary N) is 2. The predicted octanol–water partition coefficient (Wildman–Crippen LogP) is 0.546. The van der Waals surface area contributed by atoms with E-state index in [0.29, 0.717) is 6.42 Å². The highest BCUT2D eigenvalue weighted by Crippen LogP contribution is 2.38. The molecule has 0 aromatic carbocycles. The fourth-order valence-corrected chi connectivity index (χ4v) is 2.54. The van der Waals surface area contributed by atoms with E-state index >= 15 is 0 Å². The molecule has 4 amide bonds. The van der Waals surface area contributed by atoms with Gasteiger partial charge in [0, 0.05) is 0 Å². The van der Waals surface area contributed by atoms with Crippen LogP contribution in [0.15, 0.2) is 0 Å². The van der Waals surface area contributed by atoms with E-state index in [-0.39, 0.29) is 12.3 Å². The van der Waals surface area contributed by atoms with E-state index < -0.39 is 29.4 Å². The Morgan fingerprint density at radius 1 is 1.17 bits per heavy atom. The summed E-state index contributed by atoms with van der Waals surface area (Å²) in [6.45, 7) is 5.27. The third kappa shape index (κ3) is 2.53. The van der Waals surface area contributed by atoms with Crippen LogP contribution in [0.2, 0.25) is 0 Å². The molecule has 0 bridgehead atoms. The lowest BCUT2D eigenvalue weighted by molar-refractivity contribution is -0.151. The molecule has 2 atom stereocenters. The zero-order valence-electron chi connectivity index (χ0n) is 10.9. The molecular weight excluding hydrogens is 236 g/mol. The molecule has 1 saturated heterocycles. The number of barbiturate groups is 1. The van der Waals surface area contributed by atoms with Crippen LogP contribution in [0, 0.1) is 11.3 Å². The minimum atomic E-state index is -1.36. The lowest BCUT2D eigenvalue weighted by Crippen LogP contribution is -2.65. The van der Waals surface area contributed by atoms with Gasteiger partial charge < -0.3 is 5.11 Å². The molecule has 1 heterocycles. The van der Waals surface area contributed by atoms with Gasteiger partial charge in [0.25, 0.3) is 0 Å². The lowest BCUT2D eigenvalue weighted by Gasteiger charge is -2.39. The van der Waals surface area contributed by atoms with Gasteiger partial charge in [-0.3, -0.25) is 20.2 Å². The van der Waals surface area contributed by atoms with Gasteiger partial charge in [-0.15, -0.1) is 0 Å². The number of aliphatic hydroxyl groups is 1. The Morgan fingerprint density at radius 2 is 1.67 bits per heavy atom. The van der Waals surface area contributed by atoms with Gasteiger partial charge in [0.1, 0.15) is 5.41 Å². The number of imide groups is 2. The second kappa shape index (κ2) is 5.48. The minimum absolute atomic E-state index is 0.0130. The Hall–Kier alpha value is -1.43. The van der Waals surface area contributed by atoms with Gasteiger partial charge in [0.05, 0.1) is 6.10 Å². The van der Waals surface area contributed by atoms with Crippen molar-refractivity contribution in [1.82, 2.24) is 10.6 Å². The summed E-state index contributed by atoms with van der Waals surface area (Å²) >= 11 is 0. The SMILES string of the molecule is CCC[C@H](C)C1(C[C@H](C)O)C(=O)NC(=O)NC1=O. The van der Waals surface area contributed by atoms with Gasteiger partial charge in [-0.1, -0.05) is 20.3 Å². The molecule has 18 heavy (non-hydrogen) atoms. The first-order valence-corrected chi connectivity index (χ1v) is 6.19. The summed E-state index contributed by atoms with van der Waals surface area (Å²) in [6.07, 6.45) is 0.701. The second-order valence-corrected chi connectivity index (χ2v) is 4.95. The highest BCUT2D eigenvalue weighted by molar-refractivity contribution is 6.19. The van der Waals surface area contributed by atoms with Crippen LogP contribution in [0.1, 0.15) is 40.0 Å². The second-order valence-electron chi connectivity index (χ2n) is 4.95. The summed E-state index contributed by atoms with van der Waals surface area (Å²) in [5.74, 6) is -1.47. The Morgan fingerprint density at radius 3 is 2.06 bits per heavy atom. The number of carbonyl (C=O) groups excluding carboxylic acids is 3. The molecule has 0 unspecified atom stereocenters. The summed E-state index contributed by atoms with van der Waals surface area (Å²) in [6, 6.07) is -0.796. The first kappa shape index (κ1) is 14.6. The van der Waals surface area contributed by atoms with E-state index in [9.17, 15) is 19.5 Å². The Bertz CT molecular complexity index is 345. The number of hydrogen-bond donors (Lipinski definition) is 3. The normalized spacial score (nSPS) is 22.1. The van der Waals surface area contributed by atoms with Gasteiger partial charge in [0.2, 0.25) is 11.8 Å². The van der Waals surface area contributed by atoms with Crippen molar-refractivity contribution >= 4 is 17.8 Å². The maximum absolute atomic E-state index is 12.1. The summed E-state index contributed by atoms with van der Waals surface area (Å²) in [7, 11) is 0. The maximum atomic E-state index is 12.1. The summed E-state index contributed by atoms with van der Waals surface area (Å²) < 4.78 is 0. The molecule has 1 aliphatic heterocycles. The predicted molar refractivity (Wildman–Crippen MR) is 64.5 cm³/mol. The van der Waals surface area contributed by atoms with Crippen LogP contribution in [-0.2, 0) is 9.59 Å². The fraction of sp³-hybridized carbons (Fsp3) is 0.750. The van der Waals surface area contributed by atoms with Crippen molar-refractivity contribution in [2.24, 2.45) is 11.3 Å². The number of rotatable bonds is 5. The van der Waals surface area contributed by atoms with Crippen LogP contribution in [0.5, 0.6) is 0 Å². The average molecular weight is 256 g/mol. The van der Waals surface area contributed by atoms with Gasteiger partial charge >= 0.3 is 6.03 Å². The van der Waals surface area contributed by atoms with Crippen LogP contribution in [0.3, 0.4) is 0 Å². The first-order chi connectivity index (χ1) is 8.34. The van der Waals surface area contributed by atoms with E-state index in [1.165, 1.54) is 6.92 Å². The lowest BCUT2D eigenvalue weighted by atomic mass is 9.68. The smallest absolute Gasteiger partial charge is 0.328 e. The quantitative estimate of drug-likeness (QED) is 0.626. The van der Waals surface area contributed by atoms with E-state index in [0.717, 1.165) is 6.42 Å². The van der Waals surface area contributed by atoms with Crippen LogP contribution in [-0.4, -0.2) is 29.1 Å². The number of hydrogen-bond acceptors (Lipinski definition) is 4. The van der Waals surface area contributed by atoms with Gasteiger partial charge in [0.15, 0.2) is 0 Å². The molecule has 0 aromatic heterocycles. The summed E-state index contributed by atoms with van der Waals surface area (Å²) in [5.41, 5.74) is -1.36. The molecule has 0 spiro atoms. The van der Waals surface area contributed by atoms with Gasteiger partial charge in [-0.25, -0.2) is 4.79 Å². The van der Waals surface area contributed by atoms with Crippen molar-refractivity contribution in [3.8, 4) is 0 Å². The third-order valence-corrected chi connectivity index (χ3v) is 3.44. The molecule has 0 aromatic rings. The molecule has 6 heteroatoms. The van der Waals surface area contributed by atoms with E-state index in [4.69, 9.17) is 0 Å². The van der Waals surface area contributed by atoms with E-state index in [1.807, 2.05) is 6.92 Å². The molecule has 102 valence electrons. The molecule has 0 saturated carbocycles. The Kier molecular flexibility index (Phi) is 4.45. The molecule has 1 rings (SSSR count). The third-order valence-electron chi connectivity index (χ3n) is 3.44. The standard InChI is InChI=1S/C12H20N2O4/c1-4-5-7(2)12(6-8(3)15)9(16)13-11(18)14-10(12)17/h7-8,15H,4-6H2,1-3H3,(H2,13,14,16,17,18)/t7-,8-/m0/s1. The number of urea groups is 1. The molecule has 0 aliphatic carbocycles. The van der Waals surface area contributed by atoms with Gasteiger partial charge in [-0.2, -0.15) is 0 Å². The van der Waals surface area contributed by atoms with Crippen LogP contribution >= 0.6 is 0 Å². The molecule has 1 fully saturated rings. The Balaban J connectivity index is 3.13. The van der Waals surface area contributed by atoms with Crippen molar-refractivity contribution in [3.05, 3.63) is 0 Å². The fourth-order valence-electron chi connectivity index (χ4n) is 2.54. The van der Waals surface area contributed by atoms with Crippen molar-refractivity contribution in [2.45, 2.75) is 46.1 Å². The largest absolute Gasteiger partial charge is 0.393 e.